The fraction of sp³-hybridized carbons (Fsp3) is 0.203. The first kappa shape index (κ1) is 53.0. The number of anilines is 1. The van der Waals surface area contributed by atoms with E-state index in [1.54, 1.807) is 59.8 Å². The summed E-state index contributed by atoms with van der Waals surface area (Å²) in [5.74, 6) is 5.78. The lowest BCUT2D eigenvalue weighted by atomic mass is 9.95. The molecule has 19 heteroatoms. The van der Waals surface area contributed by atoms with Crippen LogP contribution in [0.4, 0.5) is 18.9 Å². The van der Waals surface area contributed by atoms with Gasteiger partial charge in [0.15, 0.2) is 17.5 Å². The van der Waals surface area contributed by atoms with Crippen molar-refractivity contribution in [1.29, 1.82) is 10.5 Å². The predicted octanol–water partition coefficient (Wildman–Crippen LogP) is 12.1. The summed E-state index contributed by atoms with van der Waals surface area (Å²) in [6.45, 7) is 20.9. The molecule has 1 atom stereocenters. The van der Waals surface area contributed by atoms with E-state index >= 15 is 0 Å². The molecule has 0 fully saturated rings. The third-order valence-corrected chi connectivity index (χ3v) is 12.7. The van der Waals surface area contributed by atoms with E-state index in [0.717, 1.165) is 34.3 Å². The number of aromatic nitrogens is 10. The van der Waals surface area contributed by atoms with Gasteiger partial charge < -0.3 is 14.8 Å². The van der Waals surface area contributed by atoms with Crippen LogP contribution in [0.25, 0.3) is 67.0 Å². The molecule has 1 aliphatic heterocycles. The van der Waals surface area contributed by atoms with E-state index in [2.05, 4.69) is 57.8 Å². The largest absolute Gasteiger partial charge is 0.416 e. The normalized spacial score (nSPS) is 14.3. The van der Waals surface area contributed by atoms with E-state index in [1.807, 2.05) is 110 Å². The highest BCUT2D eigenvalue weighted by atomic mass is 19.4. The SMILES string of the molecule is C=C(\C=C(/C=C\C=C(/C=C\C)C1N=C(C)N=C(C)N1C)c1nc(C)nc(C)n1)Nc1cc(-c2cc(C#N)cc(C(F)(F)F)c2)c(C#N)cc1-n1c2cc(-c3nc(C)nc(C)n3)ccc2c2ccc(-c3nc(C)nc(C)n3)cc21. The highest BCUT2D eigenvalue weighted by Gasteiger charge is 2.32. The van der Waals surface area contributed by atoms with Gasteiger partial charge in [0.25, 0.3) is 0 Å². The van der Waals surface area contributed by atoms with Crippen LogP contribution in [-0.4, -0.2) is 79.2 Å². The summed E-state index contributed by atoms with van der Waals surface area (Å²) in [5.41, 5.74) is 3.95. The number of benzene rings is 4. The van der Waals surface area contributed by atoms with Crippen LogP contribution >= 0.6 is 0 Å². The minimum Gasteiger partial charge on any atom is -0.354 e. The van der Waals surface area contributed by atoms with Crippen molar-refractivity contribution in [2.24, 2.45) is 9.98 Å². The van der Waals surface area contributed by atoms with Crippen molar-refractivity contribution >= 4 is 44.7 Å². The monoisotopic (exact) mass is 1040 g/mol. The average molecular weight is 1040 g/mol. The van der Waals surface area contributed by atoms with Gasteiger partial charge in [0.2, 0.25) is 0 Å². The number of amidine groups is 2. The summed E-state index contributed by atoms with van der Waals surface area (Å²) >= 11 is 0. The first-order chi connectivity index (χ1) is 37.2. The van der Waals surface area contributed by atoms with Gasteiger partial charge in [0.1, 0.15) is 52.8 Å². The number of fused-ring (bicyclic) bond motifs is 3. The zero-order valence-electron chi connectivity index (χ0n) is 44.4. The molecular weight excluding hydrogens is 990 g/mol. The number of aliphatic imine (C=N–C) groups is 2. The maximum absolute atomic E-state index is 14.5. The number of nitrogens with one attached hydrogen (secondary N) is 1. The molecule has 1 N–H and O–H groups in total. The smallest absolute Gasteiger partial charge is 0.354 e. The molecule has 0 saturated carbocycles. The fourth-order valence-corrected chi connectivity index (χ4v) is 9.35. The summed E-state index contributed by atoms with van der Waals surface area (Å²) in [7, 11) is 1.93. The Morgan fingerprint density at radius 3 is 1.77 bits per heavy atom. The molecule has 0 aliphatic carbocycles. The van der Waals surface area contributed by atoms with Gasteiger partial charge in [-0.15, -0.1) is 0 Å². The Balaban J connectivity index is 1.31. The van der Waals surface area contributed by atoms with Gasteiger partial charge in [-0.25, -0.2) is 54.8 Å². The van der Waals surface area contributed by atoms with Crippen LogP contribution in [0.15, 0.2) is 131 Å². The molecule has 0 amide bonds. The first-order valence-electron chi connectivity index (χ1n) is 24.6. The van der Waals surface area contributed by atoms with E-state index in [4.69, 9.17) is 15.0 Å². The number of hydrogen-bond donors (Lipinski definition) is 1. The van der Waals surface area contributed by atoms with Crippen LogP contribution in [0.2, 0.25) is 0 Å². The van der Waals surface area contributed by atoms with Crippen molar-refractivity contribution in [3.63, 3.8) is 0 Å². The highest BCUT2D eigenvalue weighted by Crippen LogP contribution is 2.42. The number of alkyl halides is 3. The van der Waals surface area contributed by atoms with Crippen LogP contribution in [0, 0.1) is 64.2 Å². The van der Waals surface area contributed by atoms with Crippen molar-refractivity contribution in [2.75, 3.05) is 12.4 Å². The van der Waals surface area contributed by atoms with Crippen molar-refractivity contribution in [2.45, 2.75) is 74.7 Å². The number of hydrogen-bond acceptors (Lipinski definition) is 15. The molecule has 9 rings (SSSR count). The van der Waals surface area contributed by atoms with Gasteiger partial charge in [0.05, 0.1) is 51.2 Å². The summed E-state index contributed by atoms with van der Waals surface area (Å²) in [6, 6.07) is 22.0. The topological polar surface area (TPSA) is 209 Å². The second-order valence-electron chi connectivity index (χ2n) is 18.6. The Kier molecular flexibility index (Phi) is 14.5. The van der Waals surface area contributed by atoms with Crippen LogP contribution < -0.4 is 5.32 Å². The molecule has 0 bridgehead atoms. The van der Waals surface area contributed by atoms with Crippen molar-refractivity contribution in [3.8, 4) is 51.7 Å². The lowest BCUT2D eigenvalue weighted by molar-refractivity contribution is -0.137. The molecule has 1 unspecified atom stereocenters. The molecule has 78 heavy (non-hydrogen) atoms. The molecule has 4 aromatic heterocycles. The maximum atomic E-state index is 14.5. The standard InChI is InChI=1S/C59H51F3N16/c1-12-14-41(58-76-38(9)69-39(10)77(58)11)15-13-16-42(55-70-32(3)66-33(4)71-55)21-31(2)65-51-28-50(45-22-40(29-63)23-47(24-45)59(60,61)62)46(30-64)27-54(51)78-52-25-43(56-72-34(5)67-35(6)73-56)17-19-48(52)49-20-18-44(26-53(49)78)57-74-36(7)68-37(8)75-57/h12-28,58,65H,2H2,1,3-11H3/b14-12-,16-13-,41-15+,42-21+. The minimum atomic E-state index is -4.80. The van der Waals surface area contributed by atoms with Gasteiger partial charge in [-0.1, -0.05) is 61.2 Å². The Hall–Kier alpha value is -9.88. The average Bonchev–Trinajstić information content (AvgIpc) is 3.97. The first-order valence-corrected chi connectivity index (χ1v) is 24.6. The van der Waals surface area contributed by atoms with Crippen molar-refractivity contribution < 1.29 is 13.2 Å². The third-order valence-electron chi connectivity index (χ3n) is 12.7. The Morgan fingerprint density at radius 1 is 0.679 bits per heavy atom. The van der Waals surface area contributed by atoms with Crippen molar-refractivity contribution in [1.82, 2.24) is 54.3 Å². The predicted molar refractivity (Wildman–Crippen MR) is 297 cm³/mol. The molecule has 0 spiro atoms. The van der Waals surface area contributed by atoms with E-state index in [1.165, 1.54) is 6.07 Å². The molecule has 1 aliphatic rings. The Bertz CT molecular complexity index is 3900. The van der Waals surface area contributed by atoms with Crippen LogP contribution in [-0.2, 0) is 6.18 Å². The highest BCUT2D eigenvalue weighted by molar-refractivity contribution is 6.11. The zero-order valence-corrected chi connectivity index (χ0v) is 44.4. The maximum Gasteiger partial charge on any atom is 0.416 e. The van der Waals surface area contributed by atoms with Gasteiger partial charge in [-0.05, 0) is 122 Å². The summed E-state index contributed by atoms with van der Waals surface area (Å²) in [5, 5.41) is 26.1. The Morgan fingerprint density at radius 2 is 1.24 bits per heavy atom. The third kappa shape index (κ3) is 11.1. The lowest BCUT2D eigenvalue weighted by Gasteiger charge is -2.30. The number of nitrogens with zero attached hydrogens (tertiary/aromatic N) is 15. The molecule has 8 aromatic rings. The van der Waals surface area contributed by atoms with Crippen LogP contribution in [0.3, 0.4) is 0 Å². The fourth-order valence-electron chi connectivity index (χ4n) is 9.35. The Labute approximate surface area is 448 Å². The quantitative estimate of drug-likeness (QED) is 0.113. The number of allylic oxidation sites excluding steroid dienone is 6. The number of halogens is 3. The number of rotatable bonds is 12. The zero-order chi connectivity index (χ0) is 55.7. The van der Waals surface area contributed by atoms with Gasteiger partial charge in [-0.3, -0.25) is 0 Å². The van der Waals surface area contributed by atoms with Crippen LogP contribution in [0.1, 0.15) is 78.2 Å². The second kappa shape index (κ2) is 21.4. The van der Waals surface area contributed by atoms with Gasteiger partial charge in [-0.2, -0.15) is 23.7 Å². The molecule has 5 heterocycles. The molecule has 0 radical (unpaired) electrons. The van der Waals surface area contributed by atoms with Crippen LogP contribution in [0.5, 0.6) is 0 Å². The van der Waals surface area contributed by atoms with Crippen molar-refractivity contribution in [3.05, 3.63) is 178 Å². The molecule has 388 valence electrons. The second-order valence-corrected chi connectivity index (χ2v) is 18.6. The number of aryl methyl sites for hydroxylation is 6. The summed E-state index contributed by atoms with van der Waals surface area (Å²) in [4.78, 5) is 52.6. The van der Waals surface area contributed by atoms with E-state index < -0.39 is 11.7 Å². The number of nitriles is 2. The summed E-state index contributed by atoms with van der Waals surface area (Å²) < 4.78 is 45.6. The van der Waals surface area contributed by atoms with E-state index in [-0.39, 0.29) is 28.4 Å². The van der Waals surface area contributed by atoms with E-state index in [9.17, 15) is 23.7 Å². The molecule has 0 saturated heterocycles. The minimum absolute atomic E-state index is 0.00490. The lowest BCUT2D eigenvalue weighted by Crippen LogP contribution is -2.39. The molecular formula is C59H51F3N16. The van der Waals surface area contributed by atoms with E-state index in [0.29, 0.717) is 103 Å². The molecule has 16 nitrogen and oxygen atoms in total. The molecule has 4 aromatic carbocycles. The number of likely N-dealkylation sites (N-methyl/N-ethyl adjacent to an activating group) is 1. The van der Waals surface area contributed by atoms with Gasteiger partial charge >= 0.3 is 6.18 Å². The summed E-state index contributed by atoms with van der Waals surface area (Å²) in [6.07, 6.45) is 6.17. The van der Waals surface area contributed by atoms with Gasteiger partial charge in [0, 0.05) is 45.8 Å².